The molecule has 0 bridgehead atoms. The topological polar surface area (TPSA) is 37.2 Å². The average molecular weight is 222 g/mol. The van der Waals surface area contributed by atoms with Crippen LogP contribution < -0.4 is 5.32 Å². The first kappa shape index (κ1) is 11.1. The molecule has 0 amide bonds. The molecule has 0 aliphatic rings. The maximum atomic E-state index is 13.7. The molecule has 0 aliphatic carbocycles. The first-order valence-corrected chi connectivity index (χ1v) is 5.20. The van der Waals surface area contributed by atoms with Crippen molar-refractivity contribution in [3.63, 3.8) is 0 Å². The molecule has 2 aromatic rings. The third kappa shape index (κ3) is 1.81. The van der Waals surface area contributed by atoms with Crippen LogP contribution in [0.4, 0.5) is 4.39 Å². The van der Waals surface area contributed by atoms with Crippen molar-refractivity contribution in [3.05, 3.63) is 35.8 Å². The van der Waals surface area contributed by atoms with Crippen LogP contribution in [-0.2, 0) is 7.05 Å². The number of nitrogens with zero attached hydrogens (tertiary/aromatic N) is 1. The van der Waals surface area contributed by atoms with Gasteiger partial charge in [-0.15, -0.1) is 0 Å². The van der Waals surface area contributed by atoms with Gasteiger partial charge in [-0.3, -0.25) is 0 Å². The smallest absolute Gasteiger partial charge is 0.129 e. The normalized spacial score (nSPS) is 13.2. The van der Waals surface area contributed by atoms with E-state index < -0.39 is 6.10 Å². The van der Waals surface area contributed by atoms with Crippen LogP contribution in [0.15, 0.2) is 24.4 Å². The SMILES string of the molecule is CNCC(O)c1cc2c(ccn2C)cc1F. The summed E-state index contributed by atoms with van der Waals surface area (Å²) in [7, 11) is 3.62. The average Bonchev–Trinajstić information content (AvgIpc) is 2.59. The number of aryl methyl sites for hydroxylation is 1. The van der Waals surface area contributed by atoms with E-state index in [1.807, 2.05) is 23.9 Å². The molecule has 1 atom stereocenters. The highest BCUT2D eigenvalue weighted by atomic mass is 19.1. The highest BCUT2D eigenvalue weighted by molar-refractivity contribution is 5.81. The van der Waals surface area contributed by atoms with Gasteiger partial charge in [0.2, 0.25) is 0 Å². The van der Waals surface area contributed by atoms with E-state index in [2.05, 4.69) is 5.32 Å². The Morgan fingerprint density at radius 1 is 1.50 bits per heavy atom. The van der Waals surface area contributed by atoms with Crippen molar-refractivity contribution in [1.82, 2.24) is 9.88 Å². The molecule has 1 aromatic heterocycles. The Balaban J connectivity index is 2.52. The Morgan fingerprint density at radius 2 is 2.25 bits per heavy atom. The van der Waals surface area contributed by atoms with Gasteiger partial charge in [0.1, 0.15) is 5.82 Å². The standard InChI is InChI=1S/C12H15FN2O/c1-14-7-12(16)9-6-11-8(5-10(9)13)3-4-15(11)2/h3-6,12,14,16H,7H2,1-2H3. The predicted molar refractivity (Wildman–Crippen MR) is 61.8 cm³/mol. The zero-order valence-corrected chi connectivity index (χ0v) is 9.37. The van der Waals surface area contributed by atoms with Crippen LogP contribution in [0.5, 0.6) is 0 Å². The molecule has 1 unspecified atom stereocenters. The molecule has 0 saturated heterocycles. The summed E-state index contributed by atoms with van der Waals surface area (Å²) in [6, 6.07) is 5.02. The number of aliphatic hydroxyl groups excluding tert-OH is 1. The molecule has 1 heterocycles. The second-order valence-electron chi connectivity index (χ2n) is 3.93. The summed E-state index contributed by atoms with van der Waals surface area (Å²) < 4.78 is 15.6. The third-order valence-corrected chi connectivity index (χ3v) is 2.76. The zero-order chi connectivity index (χ0) is 11.7. The molecular weight excluding hydrogens is 207 g/mol. The number of benzene rings is 1. The Labute approximate surface area is 93.5 Å². The summed E-state index contributed by atoms with van der Waals surface area (Å²) in [5, 5.41) is 13.5. The molecule has 16 heavy (non-hydrogen) atoms. The van der Waals surface area contributed by atoms with Crippen LogP contribution >= 0.6 is 0 Å². The summed E-state index contributed by atoms with van der Waals surface area (Å²) in [5.41, 5.74) is 1.26. The minimum atomic E-state index is -0.815. The van der Waals surface area contributed by atoms with Gasteiger partial charge in [0, 0.05) is 36.3 Å². The predicted octanol–water partition coefficient (Wildman–Crippen LogP) is 1.57. The number of nitrogens with one attached hydrogen (secondary N) is 1. The van der Waals surface area contributed by atoms with E-state index in [-0.39, 0.29) is 5.82 Å². The van der Waals surface area contributed by atoms with Crippen LogP contribution in [-0.4, -0.2) is 23.3 Å². The maximum absolute atomic E-state index is 13.7. The summed E-state index contributed by atoms with van der Waals surface area (Å²) in [4.78, 5) is 0. The zero-order valence-electron chi connectivity index (χ0n) is 9.37. The minimum Gasteiger partial charge on any atom is -0.387 e. The molecule has 0 spiro atoms. The summed E-state index contributed by atoms with van der Waals surface area (Å²) in [6.07, 6.45) is 1.06. The quantitative estimate of drug-likeness (QED) is 0.827. The molecule has 86 valence electrons. The number of halogens is 1. The lowest BCUT2D eigenvalue weighted by atomic mass is 10.1. The molecule has 1 aromatic carbocycles. The third-order valence-electron chi connectivity index (χ3n) is 2.76. The number of likely N-dealkylation sites (N-methyl/N-ethyl adjacent to an activating group) is 1. The van der Waals surface area contributed by atoms with Gasteiger partial charge in [0.05, 0.1) is 6.10 Å². The first-order chi connectivity index (χ1) is 7.63. The molecule has 4 heteroatoms. The van der Waals surface area contributed by atoms with E-state index in [1.165, 1.54) is 6.07 Å². The van der Waals surface area contributed by atoms with Crippen LogP contribution in [0.1, 0.15) is 11.7 Å². The van der Waals surface area contributed by atoms with Gasteiger partial charge in [0.25, 0.3) is 0 Å². The number of fused-ring (bicyclic) bond motifs is 1. The van der Waals surface area contributed by atoms with Gasteiger partial charge in [-0.1, -0.05) is 0 Å². The van der Waals surface area contributed by atoms with E-state index in [4.69, 9.17) is 0 Å². The Bertz CT molecular complexity index is 507. The lowest BCUT2D eigenvalue weighted by Crippen LogP contribution is -2.17. The molecule has 2 N–H and O–H groups in total. The van der Waals surface area contributed by atoms with E-state index in [0.29, 0.717) is 12.1 Å². The maximum Gasteiger partial charge on any atom is 0.129 e. The highest BCUT2D eigenvalue weighted by Gasteiger charge is 2.14. The van der Waals surface area contributed by atoms with E-state index >= 15 is 0 Å². The molecular formula is C12H15FN2O. The molecule has 2 rings (SSSR count). The van der Waals surface area contributed by atoms with Crippen molar-refractivity contribution < 1.29 is 9.50 Å². The van der Waals surface area contributed by atoms with Crippen LogP contribution in [0.2, 0.25) is 0 Å². The van der Waals surface area contributed by atoms with Crippen molar-refractivity contribution >= 4 is 10.9 Å². The van der Waals surface area contributed by atoms with Crippen LogP contribution in [0.3, 0.4) is 0 Å². The van der Waals surface area contributed by atoms with Crippen molar-refractivity contribution in [1.29, 1.82) is 0 Å². The van der Waals surface area contributed by atoms with Crippen molar-refractivity contribution in [3.8, 4) is 0 Å². The number of aromatic nitrogens is 1. The van der Waals surface area contributed by atoms with Crippen LogP contribution in [0, 0.1) is 5.82 Å². The Hall–Kier alpha value is -1.39. The minimum absolute atomic E-state index is 0.337. The van der Waals surface area contributed by atoms with E-state index in [9.17, 15) is 9.50 Å². The highest BCUT2D eigenvalue weighted by Crippen LogP contribution is 2.24. The van der Waals surface area contributed by atoms with Crippen LogP contribution in [0.25, 0.3) is 10.9 Å². The summed E-state index contributed by atoms with van der Waals surface area (Å²) in [5.74, 6) is -0.360. The van der Waals surface area contributed by atoms with Gasteiger partial charge in [-0.05, 0) is 25.2 Å². The van der Waals surface area contributed by atoms with Crippen molar-refractivity contribution in [2.45, 2.75) is 6.10 Å². The molecule has 0 radical (unpaired) electrons. The second kappa shape index (κ2) is 4.23. The lowest BCUT2D eigenvalue weighted by Gasteiger charge is -2.12. The second-order valence-corrected chi connectivity index (χ2v) is 3.93. The van der Waals surface area contributed by atoms with Gasteiger partial charge in [0.15, 0.2) is 0 Å². The fourth-order valence-corrected chi connectivity index (χ4v) is 1.86. The van der Waals surface area contributed by atoms with E-state index in [1.54, 1.807) is 13.1 Å². The van der Waals surface area contributed by atoms with E-state index in [0.717, 1.165) is 10.9 Å². The fourth-order valence-electron chi connectivity index (χ4n) is 1.86. The summed E-state index contributed by atoms with van der Waals surface area (Å²) in [6.45, 7) is 0.340. The number of rotatable bonds is 3. The molecule has 0 aliphatic heterocycles. The Morgan fingerprint density at radius 3 is 2.94 bits per heavy atom. The number of hydrogen-bond acceptors (Lipinski definition) is 2. The molecule has 0 saturated carbocycles. The van der Waals surface area contributed by atoms with Gasteiger partial charge in [-0.25, -0.2) is 4.39 Å². The molecule has 3 nitrogen and oxygen atoms in total. The van der Waals surface area contributed by atoms with Gasteiger partial charge >= 0.3 is 0 Å². The fraction of sp³-hybridized carbons (Fsp3) is 0.333. The lowest BCUT2D eigenvalue weighted by molar-refractivity contribution is 0.173. The van der Waals surface area contributed by atoms with Gasteiger partial charge in [-0.2, -0.15) is 0 Å². The van der Waals surface area contributed by atoms with Crippen molar-refractivity contribution in [2.75, 3.05) is 13.6 Å². The first-order valence-electron chi connectivity index (χ1n) is 5.20. The molecule has 0 fully saturated rings. The summed E-state index contributed by atoms with van der Waals surface area (Å²) >= 11 is 0. The number of aliphatic hydroxyl groups is 1. The monoisotopic (exact) mass is 222 g/mol. The largest absolute Gasteiger partial charge is 0.387 e. The van der Waals surface area contributed by atoms with Gasteiger partial charge < -0.3 is 15.0 Å². The number of hydrogen-bond donors (Lipinski definition) is 2. The Kier molecular flexibility index (Phi) is 2.94. The van der Waals surface area contributed by atoms with Crippen molar-refractivity contribution in [2.24, 2.45) is 7.05 Å².